The van der Waals surface area contributed by atoms with Crippen LogP contribution in [0.25, 0.3) is 0 Å². The highest BCUT2D eigenvalue weighted by atomic mass is 16.1. The summed E-state index contributed by atoms with van der Waals surface area (Å²) in [5.41, 5.74) is 1.68. The van der Waals surface area contributed by atoms with E-state index in [2.05, 4.69) is 19.9 Å². The first-order valence-electron chi connectivity index (χ1n) is 9.67. The normalized spacial score (nSPS) is 48.2. The predicted octanol–water partition coefficient (Wildman–Crippen LogP) is 4.90. The Morgan fingerprint density at radius 3 is 2.91 bits per heavy atom. The van der Waals surface area contributed by atoms with Gasteiger partial charge in [0.15, 0.2) is 5.78 Å². The average Bonchev–Trinajstić information content (AvgIpc) is 3.28. The largest absolute Gasteiger partial charge is 0.295 e. The van der Waals surface area contributed by atoms with Crippen LogP contribution in [0.3, 0.4) is 0 Å². The molecular formula is C21H29NO. The van der Waals surface area contributed by atoms with E-state index in [1.165, 1.54) is 37.7 Å². The number of allylic oxidation sites excluding steroid dienone is 2. The fourth-order valence-electron chi connectivity index (χ4n) is 6.36. The van der Waals surface area contributed by atoms with Crippen LogP contribution in [0, 0.1) is 52.3 Å². The molecule has 0 bridgehead atoms. The molecule has 0 aromatic heterocycles. The number of carbonyl (C=O) groups is 1. The lowest BCUT2D eigenvalue weighted by Crippen LogP contribution is -2.33. The van der Waals surface area contributed by atoms with Crippen molar-refractivity contribution in [3.05, 3.63) is 11.6 Å². The Bertz CT molecular complexity index is 585. The molecule has 0 unspecified atom stereocenters. The van der Waals surface area contributed by atoms with Gasteiger partial charge in [0.1, 0.15) is 0 Å². The topological polar surface area (TPSA) is 40.9 Å². The summed E-state index contributed by atoms with van der Waals surface area (Å²) in [7, 11) is 0. The number of nitriles is 1. The van der Waals surface area contributed by atoms with E-state index in [1.807, 2.05) is 6.08 Å². The van der Waals surface area contributed by atoms with Crippen LogP contribution < -0.4 is 0 Å². The van der Waals surface area contributed by atoms with Crippen LogP contribution in [0.15, 0.2) is 11.6 Å². The van der Waals surface area contributed by atoms with Crippen molar-refractivity contribution in [2.24, 2.45) is 40.9 Å². The van der Waals surface area contributed by atoms with Gasteiger partial charge in [-0.15, -0.1) is 0 Å². The second-order valence-electron chi connectivity index (χ2n) is 8.99. The minimum atomic E-state index is 0.230. The molecule has 0 amide bonds. The molecule has 0 spiro atoms. The molecule has 4 aliphatic carbocycles. The van der Waals surface area contributed by atoms with Gasteiger partial charge in [0.05, 0.1) is 12.0 Å². The highest BCUT2D eigenvalue weighted by Crippen LogP contribution is 2.68. The van der Waals surface area contributed by atoms with Gasteiger partial charge in [0.25, 0.3) is 0 Å². The van der Waals surface area contributed by atoms with Crippen LogP contribution in [0.4, 0.5) is 0 Å². The highest BCUT2D eigenvalue weighted by molar-refractivity contribution is 5.91. The molecule has 23 heavy (non-hydrogen) atoms. The van der Waals surface area contributed by atoms with E-state index in [1.54, 1.807) is 0 Å². The molecule has 124 valence electrons. The summed E-state index contributed by atoms with van der Waals surface area (Å²) in [6.07, 6.45) is 11.3. The molecule has 4 aliphatic rings. The molecule has 0 heterocycles. The van der Waals surface area contributed by atoms with E-state index in [-0.39, 0.29) is 11.3 Å². The smallest absolute Gasteiger partial charge is 0.155 e. The lowest BCUT2D eigenvalue weighted by Gasteiger charge is -2.40. The first-order chi connectivity index (χ1) is 11.0. The first kappa shape index (κ1) is 15.4. The van der Waals surface area contributed by atoms with Gasteiger partial charge in [0.2, 0.25) is 0 Å². The third-order valence-corrected chi connectivity index (χ3v) is 8.04. The van der Waals surface area contributed by atoms with Gasteiger partial charge in [0, 0.05) is 6.42 Å². The number of hydrogen-bond donors (Lipinski definition) is 0. The van der Waals surface area contributed by atoms with E-state index >= 15 is 0 Å². The van der Waals surface area contributed by atoms with E-state index in [4.69, 9.17) is 0 Å². The van der Waals surface area contributed by atoms with E-state index in [0.29, 0.717) is 23.5 Å². The second kappa shape index (κ2) is 5.47. The standard InChI is InChI=1S/C21H29NO/c1-13-18-11-19(18)20(12-22)21(13,2)9-8-14-4-3-5-15-10-16(23)6-7-17(14)15/h10,13-14,17-20H,3-9,11H2,1-2H3/t13-,14-,17-,18-,19-,20+,21+/m1/s1. The van der Waals surface area contributed by atoms with Crippen molar-refractivity contribution in [1.29, 1.82) is 5.26 Å². The Labute approximate surface area is 140 Å². The fraction of sp³-hybridized carbons (Fsp3) is 0.810. The van der Waals surface area contributed by atoms with Crippen molar-refractivity contribution in [3.8, 4) is 6.07 Å². The molecule has 7 atom stereocenters. The summed E-state index contributed by atoms with van der Waals surface area (Å²) in [5, 5.41) is 9.67. The Morgan fingerprint density at radius 1 is 1.30 bits per heavy atom. The van der Waals surface area contributed by atoms with Gasteiger partial charge in [-0.05, 0) is 86.0 Å². The molecule has 0 N–H and O–H groups in total. The zero-order valence-electron chi connectivity index (χ0n) is 14.6. The molecule has 0 aliphatic heterocycles. The molecule has 3 fully saturated rings. The number of nitrogens with zero attached hydrogens (tertiary/aromatic N) is 1. The lowest BCUT2D eigenvalue weighted by atomic mass is 9.64. The Morgan fingerprint density at radius 2 is 2.13 bits per heavy atom. The summed E-state index contributed by atoms with van der Waals surface area (Å²) in [6, 6.07) is 2.67. The summed E-state index contributed by atoms with van der Waals surface area (Å²) in [5.74, 6) is 4.30. The van der Waals surface area contributed by atoms with Gasteiger partial charge in [-0.25, -0.2) is 0 Å². The highest BCUT2D eigenvalue weighted by Gasteiger charge is 2.63. The molecule has 0 radical (unpaired) electrons. The lowest BCUT2D eigenvalue weighted by molar-refractivity contribution is -0.115. The van der Waals surface area contributed by atoms with Crippen LogP contribution in [0.5, 0.6) is 0 Å². The van der Waals surface area contributed by atoms with Gasteiger partial charge in [-0.1, -0.05) is 19.4 Å². The van der Waals surface area contributed by atoms with Crippen molar-refractivity contribution >= 4 is 5.78 Å². The van der Waals surface area contributed by atoms with Gasteiger partial charge < -0.3 is 0 Å². The molecule has 2 nitrogen and oxygen atoms in total. The minimum Gasteiger partial charge on any atom is -0.295 e. The van der Waals surface area contributed by atoms with E-state index in [0.717, 1.165) is 31.1 Å². The fourth-order valence-corrected chi connectivity index (χ4v) is 6.36. The number of rotatable bonds is 3. The molecule has 3 saturated carbocycles. The van der Waals surface area contributed by atoms with Gasteiger partial charge in [-0.2, -0.15) is 5.26 Å². The SMILES string of the molecule is C[C@@H]1[C@H]2C[C@H]2[C@H](C#N)[C@@]1(C)CC[C@H]1CCCC2=CC(=O)CC[C@@H]21. The Kier molecular flexibility index (Phi) is 3.67. The second-order valence-corrected chi connectivity index (χ2v) is 8.99. The van der Waals surface area contributed by atoms with E-state index < -0.39 is 0 Å². The van der Waals surface area contributed by atoms with Crippen LogP contribution in [0.2, 0.25) is 0 Å². The summed E-state index contributed by atoms with van der Waals surface area (Å²) in [6.45, 7) is 4.79. The van der Waals surface area contributed by atoms with Crippen LogP contribution in [0.1, 0.15) is 65.2 Å². The zero-order valence-corrected chi connectivity index (χ0v) is 14.6. The minimum absolute atomic E-state index is 0.230. The number of hydrogen-bond acceptors (Lipinski definition) is 2. The quantitative estimate of drug-likeness (QED) is 0.743. The first-order valence-corrected chi connectivity index (χ1v) is 9.67. The predicted molar refractivity (Wildman–Crippen MR) is 90.4 cm³/mol. The maximum Gasteiger partial charge on any atom is 0.155 e. The van der Waals surface area contributed by atoms with Crippen molar-refractivity contribution in [2.45, 2.75) is 65.2 Å². The summed E-state index contributed by atoms with van der Waals surface area (Å²) >= 11 is 0. The third kappa shape index (κ3) is 2.39. The molecule has 0 aromatic rings. The monoisotopic (exact) mass is 311 g/mol. The Balaban J connectivity index is 1.45. The molecular weight excluding hydrogens is 282 g/mol. The van der Waals surface area contributed by atoms with Crippen LogP contribution >= 0.6 is 0 Å². The zero-order chi connectivity index (χ0) is 16.2. The molecule has 4 rings (SSSR count). The number of fused-ring (bicyclic) bond motifs is 2. The maximum atomic E-state index is 11.7. The van der Waals surface area contributed by atoms with Crippen molar-refractivity contribution in [2.75, 3.05) is 0 Å². The van der Waals surface area contributed by atoms with Crippen LogP contribution in [-0.2, 0) is 4.79 Å². The molecule has 0 saturated heterocycles. The number of ketones is 1. The van der Waals surface area contributed by atoms with Crippen LogP contribution in [-0.4, -0.2) is 5.78 Å². The van der Waals surface area contributed by atoms with Crippen molar-refractivity contribution < 1.29 is 4.79 Å². The van der Waals surface area contributed by atoms with E-state index in [9.17, 15) is 10.1 Å². The number of carbonyl (C=O) groups excluding carboxylic acids is 1. The maximum absolute atomic E-state index is 11.7. The Hall–Kier alpha value is -1.10. The van der Waals surface area contributed by atoms with Crippen molar-refractivity contribution in [3.63, 3.8) is 0 Å². The van der Waals surface area contributed by atoms with Crippen molar-refractivity contribution in [1.82, 2.24) is 0 Å². The summed E-state index contributed by atoms with van der Waals surface area (Å²) in [4.78, 5) is 11.7. The van der Waals surface area contributed by atoms with Gasteiger partial charge in [-0.3, -0.25) is 4.79 Å². The third-order valence-electron chi connectivity index (χ3n) is 8.04. The molecule has 2 heteroatoms. The average molecular weight is 311 g/mol. The molecule has 0 aromatic carbocycles. The van der Waals surface area contributed by atoms with Gasteiger partial charge >= 0.3 is 0 Å². The summed E-state index contributed by atoms with van der Waals surface area (Å²) < 4.78 is 0.